The van der Waals surface area contributed by atoms with Crippen LogP contribution in [0.2, 0.25) is 0 Å². The van der Waals surface area contributed by atoms with E-state index in [1.807, 2.05) is 12.3 Å². The molecule has 3 heterocycles. The topological polar surface area (TPSA) is 44.9 Å². The molecule has 7 aromatic rings. The van der Waals surface area contributed by atoms with Crippen molar-refractivity contribution in [1.82, 2.24) is 19.3 Å². The van der Waals surface area contributed by atoms with Gasteiger partial charge in [-0.15, -0.1) is 41.3 Å². The summed E-state index contributed by atoms with van der Waals surface area (Å²) < 4.78 is 10.9. The van der Waals surface area contributed by atoms with E-state index in [0.717, 1.165) is 57.4 Å². The van der Waals surface area contributed by atoms with Gasteiger partial charge in [0, 0.05) is 28.8 Å². The second-order valence-electron chi connectivity index (χ2n) is 13.8. The maximum atomic E-state index is 6.66. The number of ether oxygens (including phenoxy) is 1. The average molecular weight is 840 g/mol. The first-order valence-electron chi connectivity index (χ1n) is 17.5. The van der Waals surface area contributed by atoms with Crippen molar-refractivity contribution >= 4 is 21.8 Å². The predicted octanol–water partition coefficient (Wildman–Crippen LogP) is 11.5. The molecule has 0 fully saturated rings. The van der Waals surface area contributed by atoms with Crippen LogP contribution in [0, 0.1) is 32.9 Å². The summed E-state index contributed by atoms with van der Waals surface area (Å²) in [5.41, 5.74) is 12.5. The average Bonchev–Trinajstić information content (AvgIpc) is 3.59. The summed E-state index contributed by atoms with van der Waals surface area (Å²) in [4.78, 5) is 4.80. The summed E-state index contributed by atoms with van der Waals surface area (Å²) in [6.07, 6.45) is 4.00. The maximum absolute atomic E-state index is 6.66. The largest absolute Gasteiger partial charge is 2.00 e. The molecule has 0 radical (unpaired) electrons. The third-order valence-corrected chi connectivity index (χ3v) is 9.48. The van der Waals surface area contributed by atoms with Gasteiger partial charge in [-0.3, -0.25) is 4.68 Å². The number of aromatic nitrogens is 4. The Bertz CT molecular complexity index is 2310. The van der Waals surface area contributed by atoms with Crippen molar-refractivity contribution in [3.05, 3.63) is 131 Å². The van der Waals surface area contributed by atoms with Crippen molar-refractivity contribution in [2.45, 2.75) is 80.1 Å². The molecular weight excluding hydrogens is 796 g/mol. The van der Waals surface area contributed by atoms with Gasteiger partial charge in [0.2, 0.25) is 0 Å². The van der Waals surface area contributed by atoms with E-state index in [0.29, 0.717) is 11.5 Å². The van der Waals surface area contributed by atoms with Crippen molar-refractivity contribution in [2.75, 3.05) is 0 Å². The molecule has 3 aromatic heterocycles. The van der Waals surface area contributed by atoms with Crippen LogP contribution in [0.25, 0.3) is 44.4 Å². The normalized spacial score (nSPS) is 11.6. The van der Waals surface area contributed by atoms with Crippen LogP contribution in [0.5, 0.6) is 11.5 Å². The van der Waals surface area contributed by atoms with Crippen molar-refractivity contribution in [3.63, 3.8) is 0 Å². The zero-order valence-corrected chi connectivity index (χ0v) is 32.4. The Morgan fingerprint density at radius 1 is 0.760 bits per heavy atom. The summed E-state index contributed by atoms with van der Waals surface area (Å²) in [6, 6.07) is 34.9. The van der Waals surface area contributed by atoms with Crippen LogP contribution in [0.15, 0.2) is 85.1 Å². The fourth-order valence-corrected chi connectivity index (χ4v) is 7.15. The van der Waals surface area contributed by atoms with Gasteiger partial charge in [-0.2, -0.15) is 11.2 Å². The number of benzene rings is 4. The van der Waals surface area contributed by atoms with E-state index in [1.165, 1.54) is 33.5 Å². The van der Waals surface area contributed by atoms with E-state index in [4.69, 9.17) is 14.8 Å². The second kappa shape index (κ2) is 14.4. The number of hydrogen-bond donors (Lipinski definition) is 0. The van der Waals surface area contributed by atoms with Crippen LogP contribution in [0.4, 0.5) is 0 Å². The standard InChI is InChI=1S/C44H44N4O.Pt/c1-9-13-32-20-21-45-41(22-32)47-39-17-11-10-16-37(39)38-19-18-35(26-40(38)47)49-36-24-33(27(2)3)23-34(25-36)48-44(28(4)5)43(31(8)46-48)42-29(6)14-12-15-30(42)7;/h10-12,14-24,27-28H,9,13H2,1-8H3;/q-2;+2. The molecule has 6 heteroatoms. The summed E-state index contributed by atoms with van der Waals surface area (Å²) in [5, 5.41) is 7.42. The number of para-hydroxylation sites is 1. The minimum atomic E-state index is 0. The monoisotopic (exact) mass is 839 g/mol. The molecule has 0 bridgehead atoms. The van der Waals surface area contributed by atoms with Gasteiger partial charge in [-0.1, -0.05) is 83.0 Å². The Labute approximate surface area is 310 Å². The van der Waals surface area contributed by atoms with E-state index < -0.39 is 0 Å². The molecule has 256 valence electrons. The third-order valence-electron chi connectivity index (χ3n) is 9.48. The number of hydrogen-bond acceptors (Lipinski definition) is 3. The van der Waals surface area contributed by atoms with E-state index in [-0.39, 0.29) is 32.9 Å². The second-order valence-corrected chi connectivity index (χ2v) is 13.8. The molecule has 0 atom stereocenters. The van der Waals surface area contributed by atoms with Gasteiger partial charge in [0.1, 0.15) is 5.82 Å². The summed E-state index contributed by atoms with van der Waals surface area (Å²) in [6.45, 7) is 17.6. The molecule has 5 nitrogen and oxygen atoms in total. The van der Waals surface area contributed by atoms with Gasteiger partial charge in [-0.25, -0.2) is 4.98 Å². The summed E-state index contributed by atoms with van der Waals surface area (Å²) >= 11 is 0. The number of rotatable bonds is 9. The molecule has 0 aliphatic carbocycles. The molecule has 0 unspecified atom stereocenters. The van der Waals surface area contributed by atoms with Gasteiger partial charge in [-0.05, 0) is 90.6 Å². The minimum absolute atomic E-state index is 0. The van der Waals surface area contributed by atoms with Gasteiger partial charge in [0.05, 0.1) is 11.4 Å². The molecule has 0 spiro atoms. The summed E-state index contributed by atoms with van der Waals surface area (Å²) in [7, 11) is 0. The quantitative estimate of drug-likeness (QED) is 0.136. The van der Waals surface area contributed by atoms with Crippen LogP contribution in [-0.4, -0.2) is 19.3 Å². The number of fused-ring (bicyclic) bond motifs is 3. The van der Waals surface area contributed by atoms with Gasteiger partial charge in [0.15, 0.2) is 0 Å². The van der Waals surface area contributed by atoms with Crippen LogP contribution < -0.4 is 4.74 Å². The zero-order valence-electron chi connectivity index (χ0n) is 30.2. The number of nitrogens with zero attached hydrogens (tertiary/aromatic N) is 4. The van der Waals surface area contributed by atoms with Gasteiger partial charge >= 0.3 is 21.1 Å². The number of aryl methyl sites for hydroxylation is 4. The Morgan fingerprint density at radius 3 is 2.24 bits per heavy atom. The molecule has 0 saturated carbocycles. The van der Waals surface area contributed by atoms with Crippen molar-refractivity contribution in [2.24, 2.45) is 0 Å². The van der Waals surface area contributed by atoms with Gasteiger partial charge in [0.25, 0.3) is 0 Å². The Hall–Kier alpha value is -4.47. The fraction of sp³-hybridized carbons (Fsp3) is 0.273. The zero-order chi connectivity index (χ0) is 34.4. The van der Waals surface area contributed by atoms with Crippen LogP contribution >= 0.6 is 0 Å². The van der Waals surface area contributed by atoms with Crippen LogP contribution in [0.3, 0.4) is 0 Å². The first-order chi connectivity index (χ1) is 23.6. The molecular formula is C44H44N4OPt. The van der Waals surface area contributed by atoms with Crippen LogP contribution in [0.1, 0.15) is 86.5 Å². The molecule has 0 aliphatic heterocycles. The van der Waals surface area contributed by atoms with E-state index >= 15 is 0 Å². The molecule has 50 heavy (non-hydrogen) atoms. The summed E-state index contributed by atoms with van der Waals surface area (Å²) in [5.74, 6) is 2.66. The third kappa shape index (κ3) is 6.44. The molecule has 7 rings (SSSR count). The first kappa shape index (κ1) is 35.4. The molecule has 0 aliphatic rings. The first-order valence-corrected chi connectivity index (χ1v) is 17.5. The Morgan fingerprint density at radius 2 is 1.52 bits per heavy atom. The number of pyridine rings is 1. The van der Waals surface area contributed by atoms with Crippen molar-refractivity contribution in [3.8, 4) is 34.1 Å². The molecule has 0 N–H and O–H groups in total. The smallest absolute Gasteiger partial charge is 0.509 e. The van der Waals surface area contributed by atoms with E-state index in [9.17, 15) is 0 Å². The van der Waals surface area contributed by atoms with Gasteiger partial charge < -0.3 is 9.30 Å². The Balaban J connectivity index is 0.00000432. The van der Waals surface area contributed by atoms with Crippen molar-refractivity contribution < 1.29 is 25.8 Å². The van der Waals surface area contributed by atoms with E-state index in [2.05, 4.69) is 150 Å². The molecule has 0 saturated heterocycles. The van der Waals surface area contributed by atoms with Crippen molar-refractivity contribution in [1.29, 1.82) is 0 Å². The Kier molecular flexibility index (Phi) is 10.2. The SMILES string of the molecule is CCCc1ccnc(-n2c3[c-]c(Oc4[c-]c(-n5nc(C)c(-c6c(C)cccc6C)c5C(C)C)cc(C(C)C)c4)ccc3c3ccccc32)c1.[Pt+2]. The molecule has 0 amide bonds. The fourth-order valence-electron chi connectivity index (χ4n) is 7.15. The van der Waals surface area contributed by atoms with Crippen LogP contribution in [-0.2, 0) is 27.5 Å². The van der Waals surface area contributed by atoms with E-state index in [1.54, 1.807) is 0 Å². The maximum Gasteiger partial charge on any atom is 2.00 e. The predicted molar refractivity (Wildman–Crippen MR) is 202 cm³/mol. The molecule has 4 aromatic carbocycles. The minimum Gasteiger partial charge on any atom is -0.509 e.